The van der Waals surface area contributed by atoms with E-state index in [1.165, 1.54) is 11.1 Å². The molecule has 4 nitrogen and oxygen atoms in total. The minimum Gasteiger partial charge on any atom is -0.492 e. The summed E-state index contributed by atoms with van der Waals surface area (Å²) in [6, 6.07) is 6.35. The van der Waals surface area contributed by atoms with Crippen LogP contribution in [0.4, 0.5) is 0 Å². The van der Waals surface area contributed by atoms with Crippen molar-refractivity contribution in [2.75, 3.05) is 20.2 Å². The van der Waals surface area contributed by atoms with E-state index in [0.717, 1.165) is 25.0 Å². The molecule has 0 radical (unpaired) electrons. The molecule has 1 saturated carbocycles. The summed E-state index contributed by atoms with van der Waals surface area (Å²) >= 11 is 0. The zero-order valence-electron chi connectivity index (χ0n) is 13.3. The Kier molecular flexibility index (Phi) is 5.23. The number of benzene rings is 1. The number of likely N-dealkylation sites (N-methyl/N-ethyl adjacent to an activating group) is 1. The lowest BCUT2D eigenvalue weighted by Crippen LogP contribution is -2.35. The predicted molar refractivity (Wildman–Crippen MR) is 84.4 cm³/mol. The molecule has 0 saturated heterocycles. The second kappa shape index (κ2) is 6.94. The van der Waals surface area contributed by atoms with E-state index in [2.05, 4.69) is 19.9 Å². The van der Waals surface area contributed by atoms with Crippen molar-refractivity contribution in [2.24, 2.45) is 11.7 Å². The molecule has 0 aliphatic heterocycles. The molecule has 116 valence electrons. The van der Waals surface area contributed by atoms with Gasteiger partial charge in [0.05, 0.1) is 6.54 Å². The van der Waals surface area contributed by atoms with Crippen LogP contribution in [0.5, 0.6) is 5.75 Å². The lowest BCUT2D eigenvalue weighted by Gasteiger charge is -2.21. The first-order valence-corrected chi connectivity index (χ1v) is 7.67. The molecule has 0 spiro atoms. The molecule has 1 aromatic carbocycles. The van der Waals surface area contributed by atoms with E-state index >= 15 is 0 Å². The highest BCUT2D eigenvalue weighted by Gasteiger charge is 2.29. The molecule has 2 rings (SSSR count). The minimum atomic E-state index is 0.103. The fourth-order valence-corrected chi connectivity index (χ4v) is 2.98. The molecule has 1 aliphatic rings. The Balaban J connectivity index is 1.78. The Hall–Kier alpha value is -1.55. The molecule has 2 atom stereocenters. The summed E-state index contributed by atoms with van der Waals surface area (Å²) in [7, 11) is 1.84. The van der Waals surface area contributed by atoms with E-state index in [9.17, 15) is 4.79 Å². The number of ether oxygens (including phenoxy) is 1. The van der Waals surface area contributed by atoms with E-state index in [0.29, 0.717) is 13.2 Å². The number of rotatable bonds is 5. The van der Waals surface area contributed by atoms with Crippen LogP contribution in [0.15, 0.2) is 18.2 Å². The van der Waals surface area contributed by atoms with Gasteiger partial charge in [0.25, 0.3) is 0 Å². The van der Waals surface area contributed by atoms with Crippen LogP contribution in [0.25, 0.3) is 0 Å². The van der Waals surface area contributed by atoms with Crippen molar-refractivity contribution in [3.63, 3.8) is 0 Å². The number of nitrogens with zero attached hydrogens (tertiary/aromatic N) is 1. The van der Waals surface area contributed by atoms with E-state index < -0.39 is 0 Å². The zero-order chi connectivity index (χ0) is 15.4. The Bertz CT molecular complexity index is 481. The summed E-state index contributed by atoms with van der Waals surface area (Å²) in [6.45, 7) is 5.24. The van der Waals surface area contributed by atoms with E-state index in [4.69, 9.17) is 10.5 Å². The van der Waals surface area contributed by atoms with Crippen LogP contribution in [0.3, 0.4) is 0 Å². The van der Waals surface area contributed by atoms with Gasteiger partial charge in [-0.05, 0) is 56.4 Å². The van der Waals surface area contributed by atoms with Crippen LogP contribution in [0.2, 0.25) is 0 Å². The molecule has 1 amide bonds. The van der Waals surface area contributed by atoms with Gasteiger partial charge in [-0.2, -0.15) is 0 Å². The molecular weight excluding hydrogens is 264 g/mol. The molecule has 0 unspecified atom stereocenters. The molecule has 21 heavy (non-hydrogen) atoms. The highest BCUT2D eigenvalue weighted by atomic mass is 16.5. The van der Waals surface area contributed by atoms with Crippen molar-refractivity contribution in [1.29, 1.82) is 0 Å². The molecule has 4 heteroatoms. The highest BCUT2D eigenvalue weighted by molar-refractivity contribution is 5.78. The quantitative estimate of drug-likeness (QED) is 0.905. The predicted octanol–water partition coefficient (Wildman–Crippen LogP) is 2.27. The van der Waals surface area contributed by atoms with Gasteiger partial charge in [0, 0.05) is 19.0 Å². The smallest absolute Gasteiger partial charge is 0.225 e. The van der Waals surface area contributed by atoms with Crippen LogP contribution >= 0.6 is 0 Å². The van der Waals surface area contributed by atoms with Crippen molar-refractivity contribution in [1.82, 2.24) is 4.90 Å². The van der Waals surface area contributed by atoms with Gasteiger partial charge in [0.15, 0.2) is 0 Å². The number of hydrogen-bond acceptors (Lipinski definition) is 3. The van der Waals surface area contributed by atoms with Gasteiger partial charge in [-0.25, -0.2) is 0 Å². The first-order valence-electron chi connectivity index (χ1n) is 7.67. The number of amides is 1. The summed E-state index contributed by atoms with van der Waals surface area (Å²) in [4.78, 5) is 14.0. The first kappa shape index (κ1) is 15.8. The average Bonchev–Trinajstić information content (AvgIpc) is 2.83. The molecule has 0 aromatic heterocycles. The second-order valence-electron chi connectivity index (χ2n) is 6.20. The number of carbonyl (C=O) groups is 1. The third kappa shape index (κ3) is 4.46. The highest BCUT2D eigenvalue weighted by Crippen LogP contribution is 2.25. The van der Waals surface area contributed by atoms with Gasteiger partial charge in [-0.1, -0.05) is 6.07 Å². The number of hydrogen-bond donors (Lipinski definition) is 1. The summed E-state index contributed by atoms with van der Waals surface area (Å²) in [6.07, 6.45) is 2.70. The zero-order valence-corrected chi connectivity index (χ0v) is 13.3. The van der Waals surface area contributed by atoms with Gasteiger partial charge in [-0.3, -0.25) is 4.79 Å². The van der Waals surface area contributed by atoms with Gasteiger partial charge < -0.3 is 15.4 Å². The molecular formula is C17H26N2O2. The van der Waals surface area contributed by atoms with Gasteiger partial charge >= 0.3 is 0 Å². The molecule has 0 bridgehead atoms. The van der Waals surface area contributed by atoms with Crippen molar-refractivity contribution in [3.8, 4) is 5.75 Å². The largest absolute Gasteiger partial charge is 0.492 e. The maximum Gasteiger partial charge on any atom is 0.225 e. The van der Waals surface area contributed by atoms with Crippen molar-refractivity contribution < 1.29 is 9.53 Å². The summed E-state index contributed by atoms with van der Waals surface area (Å²) in [5.74, 6) is 1.18. The fourth-order valence-electron chi connectivity index (χ4n) is 2.98. The van der Waals surface area contributed by atoms with Crippen molar-refractivity contribution in [3.05, 3.63) is 29.3 Å². The Labute approximate surface area is 127 Å². The van der Waals surface area contributed by atoms with E-state index in [-0.39, 0.29) is 17.9 Å². The van der Waals surface area contributed by atoms with Crippen LogP contribution in [0, 0.1) is 19.8 Å². The third-order valence-electron chi connectivity index (χ3n) is 4.09. The average molecular weight is 290 g/mol. The van der Waals surface area contributed by atoms with Gasteiger partial charge in [0.1, 0.15) is 12.4 Å². The van der Waals surface area contributed by atoms with E-state index in [1.807, 2.05) is 19.2 Å². The Morgan fingerprint density at radius 1 is 1.29 bits per heavy atom. The van der Waals surface area contributed by atoms with Crippen LogP contribution in [-0.4, -0.2) is 37.0 Å². The Morgan fingerprint density at radius 3 is 2.52 bits per heavy atom. The molecule has 2 N–H and O–H groups in total. The maximum absolute atomic E-state index is 12.3. The number of nitrogens with two attached hydrogens (primary N) is 1. The molecule has 1 fully saturated rings. The van der Waals surface area contributed by atoms with E-state index in [1.54, 1.807) is 4.90 Å². The summed E-state index contributed by atoms with van der Waals surface area (Å²) in [5, 5.41) is 0. The third-order valence-corrected chi connectivity index (χ3v) is 4.09. The topological polar surface area (TPSA) is 55.6 Å². The molecule has 0 heterocycles. The van der Waals surface area contributed by atoms with Gasteiger partial charge in [-0.15, -0.1) is 0 Å². The van der Waals surface area contributed by atoms with Crippen LogP contribution in [0.1, 0.15) is 30.4 Å². The SMILES string of the molecule is Cc1cc(C)cc(OCCN(C)C(=O)[C@H]2CC[C@@H](N)C2)c1. The fraction of sp³-hybridized carbons (Fsp3) is 0.588. The standard InChI is InChI=1S/C17H26N2O2/c1-12-8-13(2)10-16(9-12)21-7-6-19(3)17(20)14-4-5-15(18)11-14/h8-10,14-15H,4-7,11,18H2,1-3H3/t14-,15+/m0/s1. The number of aryl methyl sites for hydroxylation is 2. The van der Waals surface area contributed by atoms with Crippen LogP contribution < -0.4 is 10.5 Å². The first-order chi connectivity index (χ1) is 9.95. The van der Waals surface area contributed by atoms with Gasteiger partial charge in [0.2, 0.25) is 5.91 Å². The van der Waals surface area contributed by atoms with Crippen LogP contribution in [-0.2, 0) is 4.79 Å². The lowest BCUT2D eigenvalue weighted by molar-refractivity contribution is -0.134. The normalized spacial score (nSPS) is 21.3. The van der Waals surface area contributed by atoms with Crippen molar-refractivity contribution in [2.45, 2.75) is 39.2 Å². The monoisotopic (exact) mass is 290 g/mol. The lowest BCUT2D eigenvalue weighted by atomic mass is 10.1. The molecule has 1 aromatic rings. The second-order valence-corrected chi connectivity index (χ2v) is 6.20. The summed E-state index contributed by atoms with van der Waals surface area (Å²) < 4.78 is 5.75. The summed E-state index contributed by atoms with van der Waals surface area (Å²) in [5.41, 5.74) is 8.25. The Morgan fingerprint density at radius 2 is 1.95 bits per heavy atom. The number of carbonyl (C=O) groups excluding carboxylic acids is 1. The minimum absolute atomic E-state index is 0.103. The molecule has 1 aliphatic carbocycles. The maximum atomic E-state index is 12.3. The van der Waals surface area contributed by atoms with Crippen molar-refractivity contribution >= 4 is 5.91 Å².